The number of nitrogens with zero attached hydrogens (tertiary/aromatic N) is 1. The molecule has 1 aliphatic carbocycles. The average molecular weight is 425 g/mol. The summed E-state index contributed by atoms with van der Waals surface area (Å²) in [4.78, 5) is 40.2. The number of carbonyl (C=O) groups is 3. The fraction of sp³-hybridized carbons (Fsp3) is 0.542. The Morgan fingerprint density at radius 1 is 1.23 bits per heavy atom. The number of nitrogens with one attached hydrogen (secondary N) is 3. The van der Waals surface area contributed by atoms with E-state index in [-0.39, 0.29) is 30.2 Å². The van der Waals surface area contributed by atoms with Crippen LogP contribution in [0.2, 0.25) is 0 Å². The second-order valence-electron chi connectivity index (χ2n) is 8.32. The summed E-state index contributed by atoms with van der Waals surface area (Å²) in [7, 11) is 1.67. The topological polar surface area (TPSA) is 90.5 Å². The van der Waals surface area contributed by atoms with Crippen LogP contribution in [0.5, 0.6) is 0 Å². The fourth-order valence-corrected chi connectivity index (χ4v) is 4.42. The number of likely N-dealkylation sites (tertiary alicyclic amines) is 1. The van der Waals surface area contributed by atoms with Crippen molar-refractivity contribution in [3.8, 4) is 12.3 Å². The molecule has 0 radical (unpaired) electrons. The molecule has 2 aliphatic rings. The van der Waals surface area contributed by atoms with E-state index in [1.54, 1.807) is 18.9 Å². The molecule has 0 unspecified atom stereocenters. The highest BCUT2D eigenvalue weighted by atomic mass is 16.2. The van der Waals surface area contributed by atoms with Gasteiger partial charge in [0.05, 0.1) is 12.1 Å². The van der Waals surface area contributed by atoms with Gasteiger partial charge in [-0.3, -0.25) is 14.4 Å². The van der Waals surface area contributed by atoms with E-state index in [4.69, 9.17) is 6.42 Å². The Kier molecular flexibility index (Phi) is 7.69. The van der Waals surface area contributed by atoms with E-state index in [0.717, 1.165) is 31.2 Å². The SMILES string of the molecule is C#CC[C@H](NC(=O)[C@H](C)NC)C(=O)N1CCC[C@H]1C(=O)N[C@@H]1CCCc2ccccc21. The number of fused-ring (bicyclic) bond motifs is 1. The van der Waals surface area contributed by atoms with Crippen molar-refractivity contribution in [1.82, 2.24) is 20.9 Å². The summed E-state index contributed by atoms with van der Waals surface area (Å²) >= 11 is 0. The molecule has 1 fully saturated rings. The highest BCUT2D eigenvalue weighted by Gasteiger charge is 2.38. The van der Waals surface area contributed by atoms with Gasteiger partial charge in [0.15, 0.2) is 0 Å². The molecule has 3 N–H and O–H groups in total. The minimum absolute atomic E-state index is 0.0345. The molecule has 0 spiro atoms. The number of aryl methyl sites for hydroxylation is 1. The van der Waals surface area contributed by atoms with Crippen LogP contribution < -0.4 is 16.0 Å². The molecule has 1 saturated heterocycles. The molecule has 4 atom stereocenters. The molecule has 1 aromatic carbocycles. The molecule has 1 heterocycles. The first-order valence-electron chi connectivity index (χ1n) is 11.1. The van der Waals surface area contributed by atoms with Gasteiger partial charge in [-0.25, -0.2) is 0 Å². The largest absolute Gasteiger partial charge is 0.347 e. The third-order valence-electron chi connectivity index (χ3n) is 6.29. The first-order chi connectivity index (χ1) is 15.0. The first kappa shape index (κ1) is 22.8. The van der Waals surface area contributed by atoms with Crippen molar-refractivity contribution >= 4 is 17.7 Å². The number of rotatable bonds is 7. The number of benzene rings is 1. The maximum atomic E-state index is 13.2. The Labute approximate surface area is 184 Å². The molecule has 0 saturated carbocycles. The monoisotopic (exact) mass is 424 g/mol. The normalized spacial score (nSPS) is 22.0. The van der Waals surface area contributed by atoms with E-state index in [1.807, 2.05) is 12.1 Å². The van der Waals surface area contributed by atoms with Gasteiger partial charge in [0, 0.05) is 13.0 Å². The van der Waals surface area contributed by atoms with Gasteiger partial charge < -0.3 is 20.9 Å². The molecule has 7 nitrogen and oxygen atoms in total. The number of amides is 3. The molecule has 1 aromatic rings. The number of carbonyl (C=O) groups excluding carboxylic acids is 3. The van der Waals surface area contributed by atoms with Crippen LogP contribution in [0.25, 0.3) is 0 Å². The molecule has 166 valence electrons. The van der Waals surface area contributed by atoms with Gasteiger partial charge in [0.1, 0.15) is 12.1 Å². The van der Waals surface area contributed by atoms with E-state index >= 15 is 0 Å². The predicted octanol–water partition coefficient (Wildman–Crippen LogP) is 1.29. The molecule has 3 amide bonds. The highest BCUT2D eigenvalue weighted by molar-refractivity contribution is 5.93. The average Bonchev–Trinajstić information content (AvgIpc) is 3.28. The Balaban J connectivity index is 1.69. The zero-order valence-electron chi connectivity index (χ0n) is 18.3. The zero-order valence-corrected chi connectivity index (χ0v) is 18.3. The number of hydrogen-bond acceptors (Lipinski definition) is 4. The Morgan fingerprint density at radius 2 is 2.00 bits per heavy atom. The van der Waals surface area contributed by atoms with Crippen molar-refractivity contribution in [3.05, 3.63) is 35.4 Å². The minimum atomic E-state index is -0.836. The van der Waals surface area contributed by atoms with Gasteiger partial charge in [0.2, 0.25) is 17.7 Å². The lowest BCUT2D eigenvalue weighted by molar-refractivity contribution is -0.141. The van der Waals surface area contributed by atoms with Crippen molar-refractivity contribution in [2.75, 3.05) is 13.6 Å². The maximum Gasteiger partial charge on any atom is 0.246 e. The summed E-state index contributed by atoms with van der Waals surface area (Å²) in [6.45, 7) is 2.19. The highest BCUT2D eigenvalue weighted by Crippen LogP contribution is 2.30. The van der Waals surface area contributed by atoms with E-state index < -0.39 is 18.1 Å². The first-order valence-corrected chi connectivity index (χ1v) is 11.1. The quantitative estimate of drug-likeness (QED) is 0.576. The van der Waals surface area contributed by atoms with E-state index in [0.29, 0.717) is 13.0 Å². The summed E-state index contributed by atoms with van der Waals surface area (Å²) in [6, 6.07) is 6.34. The third-order valence-corrected chi connectivity index (χ3v) is 6.29. The molecule has 0 aromatic heterocycles. The molecule has 3 rings (SSSR count). The number of terminal acetylenes is 1. The lowest BCUT2D eigenvalue weighted by atomic mass is 9.87. The van der Waals surface area contributed by atoms with Gasteiger partial charge >= 0.3 is 0 Å². The van der Waals surface area contributed by atoms with Crippen LogP contribution in [0.15, 0.2) is 24.3 Å². The standard InChI is InChI=1S/C24H32N4O3/c1-4-9-20(27-22(29)16(2)25-3)24(31)28-15-8-14-21(28)23(30)26-19-13-7-11-17-10-5-6-12-18(17)19/h1,5-6,10,12,16,19-21,25H,7-9,11,13-15H2,2-3H3,(H,26,30)(H,27,29)/t16-,19+,20-,21-/m0/s1. The molecular formula is C24H32N4O3. The second kappa shape index (κ2) is 10.5. The van der Waals surface area contributed by atoms with Crippen LogP contribution in [0, 0.1) is 12.3 Å². The van der Waals surface area contributed by atoms with Crippen molar-refractivity contribution in [2.24, 2.45) is 0 Å². The van der Waals surface area contributed by atoms with Crippen molar-refractivity contribution in [2.45, 2.75) is 69.6 Å². The van der Waals surface area contributed by atoms with Crippen molar-refractivity contribution in [3.63, 3.8) is 0 Å². The smallest absolute Gasteiger partial charge is 0.246 e. The summed E-state index contributed by atoms with van der Waals surface area (Å²) in [5.74, 6) is 1.74. The summed E-state index contributed by atoms with van der Waals surface area (Å²) < 4.78 is 0. The van der Waals surface area contributed by atoms with Crippen LogP contribution in [-0.2, 0) is 20.8 Å². The van der Waals surface area contributed by atoms with Crippen LogP contribution >= 0.6 is 0 Å². The molecule has 1 aliphatic heterocycles. The Morgan fingerprint density at radius 3 is 2.74 bits per heavy atom. The third kappa shape index (κ3) is 5.26. The molecular weight excluding hydrogens is 392 g/mol. The molecule has 31 heavy (non-hydrogen) atoms. The zero-order chi connectivity index (χ0) is 22.4. The fourth-order valence-electron chi connectivity index (χ4n) is 4.42. The number of likely N-dealkylation sites (N-methyl/N-ethyl adjacent to an activating group) is 1. The molecule has 0 bridgehead atoms. The van der Waals surface area contributed by atoms with Gasteiger partial charge in [0.25, 0.3) is 0 Å². The Bertz CT molecular complexity index is 863. The summed E-state index contributed by atoms with van der Waals surface area (Å²) in [5.41, 5.74) is 2.44. The predicted molar refractivity (Wildman–Crippen MR) is 119 cm³/mol. The van der Waals surface area contributed by atoms with Crippen LogP contribution in [0.3, 0.4) is 0 Å². The molecule has 7 heteroatoms. The second-order valence-corrected chi connectivity index (χ2v) is 8.32. The minimum Gasteiger partial charge on any atom is -0.347 e. The lowest BCUT2D eigenvalue weighted by Gasteiger charge is -2.31. The number of hydrogen-bond donors (Lipinski definition) is 3. The maximum absolute atomic E-state index is 13.2. The summed E-state index contributed by atoms with van der Waals surface area (Å²) in [6.07, 6.45) is 9.82. The van der Waals surface area contributed by atoms with Crippen LogP contribution in [0.1, 0.15) is 56.2 Å². The van der Waals surface area contributed by atoms with Gasteiger partial charge in [-0.1, -0.05) is 24.3 Å². The van der Waals surface area contributed by atoms with Crippen molar-refractivity contribution in [1.29, 1.82) is 0 Å². The Hall–Kier alpha value is -2.85. The van der Waals surface area contributed by atoms with Gasteiger partial charge in [-0.15, -0.1) is 12.3 Å². The van der Waals surface area contributed by atoms with Crippen LogP contribution in [-0.4, -0.2) is 54.3 Å². The van der Waals surface area contributed by atoms with E-state index in [2.05, 4.69) is 34.0 Å². The van der Waals surface area contributed by atoms with Gasteiger partial charge in [-0.2, -0.15) is 0 Å². The summed E-state index contributed by atoms with van der Waals surface area (Å²) in [5, 5.41) is 8.75. The van der Waals surface area contributed by atoms with Gasteiger partial charge in [-0.05, 0) is 57.2 Å². The van der Waals surface area contributed by atoms with E-state index in [1.165, 1.54) is 5.56 Å². The van der Waals surface area contributed by atoms with Crippen molar-refractivity contribution < 1.29 is 14.4 Å². The van der Waals surface area contributed by atoms with E-state index in [9.17, 15) is 14.4 Å². The van der Waals surface area contributed by atoms with Crippen LogP contribution in [0.4, 0.5) is 0 Å². The lowest BCUT2D eigenvalue weighted by Crippen LogP contribution is -2.55.